The Morgan fingerprint density at radius 1 is 1.39 bits per heavy atom. The molecule has 3 atom stereocenters. The van der Waals surface area contributed by atoms with Crippen molar-refractivity contribution in [1.29, 1.82) is 0 Å². The van der Waals surface area contributed by atoms with Gasteiger partial charge in [-0.2, -0.15) is 0 Å². The van der Waals surface area contributed by atoms with E-state index in [0.717, 1.165) is 12.8 Å². The largest absolute Gasteiger partial charge is 0.368 e. The van der Waals surface area contributed by atoms with Gasteiger partial charge in [0.2, 0.25) is 5.91 Å². The second-order valence-electron chi connectivity index (χ2n) is 5.28. The summed E-state index contributed by atoms with van der Waals surface area (Å²) in [6.07, 6.45) is 4.71. The molecule has 1 amide bonds. The fourth-order valence-electron chi connectivity index (χ4n) is 2.82. The lowest BCUT2D eigenvalue weighted by Gasteiger charge is -2.23. The molecule has 1 saturated carbocycles. The third kappa shape index (κ3) is 3.33. The van der Waals surface area contributed by atoms with Crippen LogP contribution in [0.4, 0.5) is 0 Å². The van der Waals surface area contributed by atoms with Crippen molar-refractivity contribution in [3.05, 3.63) is 35.9 Å². The summed E-state index contributed by atoms with van der Waals surface area (Å²) in [6, 6.07) is 10.7. The average molecular weight is 246 g/mol. The zero-order chi connectivity index (χ0) is 13.0. The molecular weight excluding hydrogens is 224 g/mol. The van der Waals surface area contributed by atoms with Gasteiger partial charge in [-0.1, -0.05) is 36.8 Å². The van der Waals surface area contributed by atoms with Crippen molar-refractivity contribution < 1.29 is 4.79 Å². The Morgan fingerprint density at radius 2 is 2.11 bits per heavy atom. The highest BCUT2D eigenvalue weighted by molar-refractivity contribution is 5.79. The van der Waals surface area contributed by atoms with Crippen LogP contribution < -0.4 is 11.1 Å². The number of carbonyl (C=O) groups excluding carboxylic acids is 1. The number of hydrogen-bond acceptors (Lipinski definition) is 2. The molecule has 1 aliphatic rings. The third-order valence-electron chi connectivity index (χ3n) is 3.89. The van der Waals surface area contributed by atoms with Crippen LogP contribution in [0.2, 0.25) is 0 Å². The molecule has 0 saturated heterocycles. The summed E-state index contributed by atoms with van der Waals surface area (Å²) in [6.45, 7) is 1.85. The predicted molar refractivity (Wildman–Crippen MR) is 73.1 cm³/mol. The summed E-state index contributed by atoms with van der Waals surface area (Å²) in [7, 11) is 0. The van der Waals surface area contributed by atoms with Crippen molar-refractivity contribution in [1.82, 2.24) is 5.32 Å². The van der Waals surface area contributed by atoms with Crippen molar-refractivity contribution >= 4 is 5.91 Å². The minimum Gasteiger partial charge on any atom is -0.368 e. The second kappa shape index (κ2) is 6.01. The summed E-state index contributed by atoms with van der Waals surface area (Å²) >= 11 is 0. The molecule has 0 radical (unpaired) electrons. The molecule has 0 aliphatic heterocycles. The normalized spacial score (nSPS) is 24.9. The van der Waals surface area contributed by atoms with Crippen LogP contribution in [0.1, 0.15) is 31.7 Å². The summed E-state index contributed by atoms with van der Waals surface area (Å²) in [5.41, 5.74) is 6.69. The summed E-state index contributed by atoms with van der Waals surface area (Å²) in [5, 5.41) is 3.37. The zero-order valence-electron chi connectivity index (χ0n) is 10.9. The van der Waals surface area contributed by atoms with E-state index in [0.29, 0.717) is 12.0 Å². The van der Waals surface area contributed by atoms with Crippen LogP contribution in [-0.2, 0) is 11.2 Å². The van der Waals surface area contributed by atoms with E-state index in [1.807, 2.05) is 13.0 Å². The van der Waals surface area contributed by atoms with Gasteiger partial charge in [-0.15, -0.1) is 0 Å². The van der Waals surface area contributed by atoms with Crippen LogP contribution in [0.25, 0.3) is 0 Å². The summed E-state index contributed by atoms with van der Waals surface area (Å²) in [4.78, 5) is 11.1. The van der Waals surface area contributed by atoms with Crippen molar-refractivity contribution in [2.24, 2.45) is 11.7 Å². The molecule has 18 heavy (non-hydrogen) atoms. The molecule has 0 aromatic heterocycles. The minimum atomic E-state index is -0.264. The molecule has 3 heteroatoms. The second-order valence-corrected chi connectivity index (χ2v) is 5.28. The first kappa shape index (κ1) is 13.1. The summed E-state index contributed by atoms with van der Waals surface area (Å²) in [5.74, 6) is 0.356. The number of primary amides is 1. The van der Waals surface area contributed by atoms with E-state index in [2.05, 4.69) is 29.6 Å². The SMILES string of the molecule is C[C@H](N[C@H]1CCC[C@@H]1Cc1ccccc1)C(N)=O. The van der Waals surface area contributed by atoms with E-state index in [1.54, 1.807) is 0 Å². The Morgan fingerprint density at radius 3 is 2.78 bits per heavy atom. The maximum atomic E-state index is 11.1. The third-order valence-corrected chi connectivity index (χ3v) is 3.89. The molecule has 1 aromatic carbocycles. The average Bonchev–Trinajstić information content (AvgIpc) is 2.78. The molecule has 0 heterocycles. The lowest BCUT2D eigenvalue weighted by Crippen LogP contribution is -2.46. The van der Waals surface area contributed by atoms with Gasteiger partial charge in [0, 0.05) is 6.04 Å². The number of rotatable bonds is 5. The molecule has 2 rings (SSSR count). The standard InChI is InChI=1S/C15H22N2O/c1-11(15(16)18)17-14-9-5-8-13(14)10-12-6-3-2-4-7-12/h2-4,6-7,11,13-14,17H,5,8-10H2,1H3,(H2,16,18)/t11-,13+,14-/m0/s1. The quantitative estimate of drug-likeness (QED) is 0.833. The molecule has 3 nitrogen and oxygen atoms in total. The van der Waals surface area contributed by atoms with E-state index in [4.69, 9.17) is 5.73 Å². The number of nitrogens with two attached hydrogens (primary N) is 1. The Labute approximate surface area is 109 Å². The molecule has 0 spiro atoms. The van der Waals surface area contributed by atoms with Gasteiger partial charge >= 0.3 is 0 Å². The monoisotopic (exact) mass is 246 g/mol. The Hall–Kier alpha value is -1.35. The molecule has 0 unspecified atom stereocenters. The molecule has 1 aromatic rings. The first-order valence-electron chi connectivity index (χ1n) is 6.76. The van der Waals surface area contributed by atoms with E-state index < -0.39 is 0 Å². The Bertz CT molecular complexity index is 391. The highest BCUT2D eigenvalue weighted by atomic mass is 16.1. The fraction of sp³-hybridized carbons (Fsp3) is 0.533. The van der Waals surface area contributed by atoms with Gasteiger partial charge in [-0.3, -0.25) is 4.79 Å². The van der Waals surface area contributed by atoms with Gasteiger partial charge in [-0.05, 0) is 37.7 Å². The van der Waals surface area contributed by atoms with Crippen LogP contribution in [-0.4, -0.2) is 18.0 Å². The fourth-order valence-corrected chi connectivity index (χ4v) is 2.82. The number of nitrogens with one attached hydrogen (secondary N) is 1. The van der Waals surface area contributed by atoms with Crippen LogP contribution in [0, 0.1) is 5.92 Å². The number of hydrogen-bond donors (Lipinski definition) is 2. The van der Waals surface area contributed by atoms with E-state index in [1.165, 1.54) is 18.4 Å². The van der Waals surface area contributed by atoms with Crippen LogP contribution >= 0.6 is 0 Å². The molecule has 0 bridgehead atoms. The van der Waals surface area contributed by atoms with Crippen molar-refractivity contribution in [3.63, 3.8) is 0 Å². The Balaban J connectivity index is 1.93. The highest BCUT2D eigenvalue weighted by Crippen LogP contribution is 2.29. The summed E-state index contributed by atoms with van der Waals surface area (Å²) < 4.78 is 0. The van der Waals surface area contributed by atoms with Crippen molar-refractivity contribution in [3.8, 4) is 0 Å². The maximum Gasteiger partial charge on any atom is 0.234 e. The van der Waals surface area contributed by atoms with Gasteiger partial charge < -0.3 is 11.1 Å². The van der Waals surface area contributed by atoms with Gasteiger partial charge in [0.05, 0.1) is 6.04 Å². The van der Waals surface area contributed by atoms with Crippen molar-refractivity contribution in [2.75, 3.05) is 0 Å². The molecule has 1 fully saturated rings. The van der Waals surface area contributed by atoms with E-state index in [9.17, 15) is 4.79 Å². The lowest BCUT2D eigenvalue weighted by molar-refractivity contribution is -0.119. The molecule has 3 N–H and O–H groups in total. The first-order chi connectivity index (χ1) is 8.66. The predicted octanol–water partition coefficient (Wildman–Crippen LogP) is 1.86. The van der Waals surface area contributed by atoms with Gasteiger partial charge in [0.15, 0.2) is 0 Å². The topological polar surface area (TPSA) is 55.1 Å². The van der Waals surface area contributed by atoms with Crippen molar-refractivity contribution in [2.45, 2.75) is 44.7 Å². The molecule has 98 valence electrons. The molecular formula is C15H22N2O. The van der Waals surface area contributed by atoms with Gasteiger partial charge in [0.25, 0.3) is 0 Å². The smallest absolute Gasteiger partial charge is 0.234 e. The minimum absolute atomic E-state index is 0.230. The van der Waals surface area contributed by atoms with E-state index >= 15 is 0 Å². The van der Waals surface area contributed by atoms with E-state index in [-0.39, 0.29) is 11.9 Å². The zero-order valence-corrected chi connectivity index (χ0v) is 10.9. The maximum absolute atomic E-state index is 11.1. The lowest BCUT2D eigenvalue weighted by atomic mass is 9.94. The first-order valence-corrected chi connectivity index (χ1v) is 6.76. The van der Waals surface area contributed by atoms with Crippen LogP contribution in [0.5, 0.6) is 0 Å². The van der Waals surface area contributed by atoms with Crippen LogP contribution in [0.3, 0.4) is 0 Å². The van der Waals surface area contributed by atoms with Gasteiger partial charge in [0.1, 0.15) is 0 Å². The number of carbonyl (C=O) groups is 1. The van der Waals surface area contributed by atoms with Crippen LogP contribution in [0.15, 0.2) is 30.3 Å². The molecule has 1 aliphatic carbocycles. The number of benzene rings is 1. The highest BCUT2D eigenvalue weighted by Gasteiger charge is 2.29. The van der Waals surface area contributed by atoms with Gasteiger partial charge in [-0.25, -0.2) is 0 Å². The number of amides is 1. The Kier molecular flexibility index (Phi) is 4.37.